The zero-order valence-electron chi connectivity index (χ0n) is 11.7. The highest BCUT2D eigenvalue weighted by atomic mass is 16.5. The van der Waals surface area contributed by atoms with Crippen LogP contribution in [0.1, 0.15) is 5.56 Å². The number of methoxy groups -OCH3 is 1. The van der Waals surface area contributed by atoms with Gasteiger partial charge in [0, 0.05) is 18.4 Å². The Kier molecular flexibility index (Phi) is 5.03. The maximum Gasteiger partial charge on any atom is 0.182 e. The fraction of sp³-hybridized carbons (Fsp3) is 0.462. The van der Waals surface area contributed by atoms with Crippen molar-refractivity contribution in [2.75, 3.05) is 32.7 Å². The number of aryl methyl sites for hydroxylation is 1. The second-order valence-electron chi connectivity index (χ2n) is 4.40. The summed E-state index contributed by atoms with van der Waals surface area (Å²) in [5, 5.41) is 11.7. The minimum atomic E-state index is 0.537. The van der Waals surface area contributed by atoms with E-state index in [0.717, 1.165) is 16.8 Å². The number of nitrogen functional groups attached to an aromatic ring is 1. The molecule has 0 amide bonds. The number of rotatable bonds is 7. The first-order chi connectivity index (χ1) is 9.72. The van der Waals surface area contributed by atoms with Crippen molar-refractivity contribution < 1.29 is 9.47 Å². The summed E-state index contributed by atoms with van der Waals surface area (Å²) >= 11 is 0. The van der Waals surface area contributed by atoms with Crippen LogP contribution < -0.4 is 5.73 Å². The molecule has 2 aromatic rings. The Balaban J connectivity index is 2.02. The smallest absolute Gasteiger partial charge is 0.182 e. The van der Waals surface area contributed by atoms with Gasteiger partial charge in [0.15, 0.2) is 5.82 Å². The van der Waals surface area contributed by atoms with E-state index >= 15 is 0 Å². The van der Waals surface area contributed by atoms with Gasteiger partial charge in [-0.2, -0.15) is 0 Å². The van der Waals surface area contributed by atoms with E-state index in [1.165, 1.54) is 0 Å². The molecule has 2 rings (SSSR count). The van der Waals surface area contributed by atoms with E-state index < -0.39 is 0 Å². The number of hydrogen-bond acceptors (Lipinski definition) is 6. The van der Waals surface area contributed by atoms with Crippen molar-refractivity contribution in [3.8, 4) is 11.4 Å². The van der Waals surface area contributed by atoms with Crippen LogP contribution in [0.2, 0.25) is 0 Å². The van der Waals surface area contributed by atoms with Crippen molar-refractivity contribution in [3.63, 3.8) is 0 Å². The molecule has 1 aromatic heterocycles. The molecule has 0 spiro atoms. The Morgan fingerprint density at radius 2 is 2.10 bits per heavy atom. The maximum absolute atomic E-state index is 5.82. The number of aromatic nitrogens is 4. The molecule has 0 aliphatic rings. The third kappa shape index (κ3) is 3.52. The van der Waals surface area contributed by atoms with Gasteiger partial charge in [-0.15, -0.1) is 5.10 Å². The van der Waals surface area contributed by atoms with Crippen molar-refractivity contribution in [1.82, 2.24) is 20.2 Å². The molecule has 0 aliphatic carbocycles. The van der Waals surface area contributed by atoms with Gasteiger partial charge in [0.05, 0.1) is 26.4 Å². The lowest BCUT2D eigenvalue weighted by atomic mass is 10.1. The highest BCUT2D eigenvalue weighted by molar-refractivity contribution is 5.61. The molecule has 0 radical (unpaired) electrons. The van der Waals surface area contributed by atoms with E-state index in [9.17, 15) is 0 Å². The average molecular weight is 277 g/mol. The maximum atomic E-state index is 5.82. The zero-order valence-corrected chi connectivity index (χ0v) is 11.7. The lowest BCUT2D eigenvalue weighted by molar-refractivity contribution is 0.0654. The fourth-order valence-corrected chi connectivity index (χ4v) is 1.77. The fourth-order valence-electron chi connectivity index (χ4n) is 1.77. The van der Waals surface area contributed by atoms with Crippen LogP contribution in [0.15, 0.2) is 18.2 Å². The largest absolute Gasteiger partial charge is 0.399 e. The molecule has 0 fully saturated rings. The molecule has 1 aromatic carbocycles. The molecular weight excluding hydrogens is 258 g/mol. The van der Waals surface area contributed by atoms with Gasteiger partial charge in [0.25, 0.3) is 0 Å². The summed E-state index contributed by atoms with van der Waals surface area (Å²) in [5.74, 6) is 0.712. The van der Waals surface area contributed by atoms with Gasteiger partial charge in [-0.3, -0.25) is 0 Å². The molecular formula is C13H19N5O2. The monoisotopic (exact) mass is 277 g/mol. The second kappa shape index (κ2) is 6.97. The molecule has 0 aliphatic heterocycles. The van der Waals surface area contributed by atoms with Crippen LogP contribution in [0.4, 0.5) is 5.69 Å². The Morgan fingerprint density at radius 3 is 2.85 bits per heavy atom. The number of hydrogen-bond donors (Lipinski definition) is 1. The van der Waals surface area contributed by atoms with Crippen molar-refractivity contribution in [1.29, 1.82) is 0 Å². The molecule has 7 heteroatoms. The molecule has 2 N–H and O–H groups in total. The predicted octanol–water partition coefficient (Wildman–Crippen LogP) is 0.894. The van der Waals surface area contributed by atoms with Gasteiger partial charge >= 0.3 is 0 Å². The van der Waals surface area contributed by atoms with Crippen LogP contribution in [0.3, 0.4) is 0 Å². The molecule has 0 bridgehead atoms. The lowest BCUT2D eigenvalue weighted by Gasteiger charge is -2.07. The molecule has 0 saturated heterocycles. The van der Waals surface area contributed by atoms with Crippen LogP contribution >= 0.6 is 0 Å². The van der Waals surface area contributed by atoms with E-state index in [1.807, 2.05) is 25.1 Å². The summed E-state index contributed by atoms with van der Waals surface area (Å²) in [6, 6.07) is 5.75. The van der Waals surface area contributed by atoms with Crippen molar-refractivity contribution in [2.45, 2.75) is 13.5 Å². The van der Waals surface area contributed by atoms with Crippen molar-refractivity contribution in [3.05, 3.63) is 23.8 Å². The Morgan fingerprint density at radius 1 is 1.25 bits per heavy atom. The first kappa shape index (κ1) is 14.4. The molecule has 7 nitrogen and oxygen atoms in total. The molecule has 0 unspecified atom stereocenters. The molecule has 0 atom stereocenters. The SMILES string of the molecule is COCCOCCn1nnnc1-c1ccc(N)c(C)c1. The topological polar surface area (TPSA) is 88.1 Å². The van der Waals surface area contributed by atoms with E-state index in [1.54, 1.807) is 11.8 Å². The standard InChI is InChI=1S/C13H19N5O2/c1-10-9-11(3-4-12(10)14)13-15-16-17-18(13)5-6-20-8-7-19-2/h3-4,9H,5-8,14H2,1-2H3. The second-order valence-corrected chi connectivity index (χ2v) is 4.40. The highest BCUT2D eigenvalue weighted by Crippen LogP contribution is 2.20. The van der Waals surface area contributed by atoms with Gasteiger partial charge in [0.1, 0.15) is 0 Å². The minimum absolute atomic E-state index is 0.537. The Hall–Kier alpha value is -1.99. The number of tetrazole rings is 1. The van der Waals surface area contributed by atoms with E-state index in [2.05, 4.69) is 15.5 Å². The predicted molar refractivity (Wildman–Crippen MR) is 75.1 cm³/mol. The summed E-state index contributed by atoms with van der Waals surface area (Å²) in [5.41, 5.74) is 8.53. The quantitative estimate of drug-likeness (QED) is 0.597. The van der Waals surface area contributed by atoms with Gasteiger partial charge in [-0.25, -0.2) is 4.68 Å². The van der Waals surface area contributed by atoms with Gasteiger partial charge in [0.2, 0.25) is 0 Å². The van der Waals surface area contributed by atoms with Crippen LogP contribution in [0, 0.1) is 6.92 Å². The molecule has 20 heavy (non-hydrogen) atoms. The molecule has 1 heterocycles. The lowest BCUT2D eigenvalue weighted by Crippen LogP contribution is -2.11. The summed E-state index contributed by atoms with van der Waals surface area (Å²) in [4.78, 5) is 0. The van der Waals surface area contributed by atoms with Crippen LogP contribution in [-0.2, 0) is 16.0 Å². The summed E-state index contributed by atoms with van der Waals surface area (Å²) in [7, 11) is 1.65. The van der Waals surface area contributed by atoms with Gasteiger partial charge in [-0.05, 0) is 41.1 Å². The average Bonchev–Trinajstić information content (AvgIpc) is 2.90. The first-order valence-electron chi connectivity index (χ1n) is 6.41. The number of benzene rings is 1. The number of nitrogens with two attached hydrogens (primary N) is 1. The van der Waals surface area contributed by atoms with Crippen molar-refractivity contribution in [2.24, 2.45) is 0 Å². The third-order valence-corrected chi connectivity index (χ3v) is 2.94. The normalized spacial score (nSPS) is 10.9. The molecule has 108 valence electrons. The molecule has 0 saturated carbocycles. The number of anilines is 1. The van der Waals surface area contributed by atoms with Crippen LogP contribution in [-0.4, -0.2) is 47.1 Å². The van der Waals surface area contributed by atoms with E-state index in [0.29, 0.717) is 32.2 Å². The summed E-state index contributed by atoms with van der Waals surface area (Å²) < 4.78 is 12.1. The first-order valence-corrected chi connectivity index (χ1v) is 6.41. The third-order valence-electron chi connectivity index (χ3n) is 2.94. The Labute approximate surface area is 117 Å². The highest BCUT2D eigenvalue weighted by Gasteiger charge is 2.09. The van der Waals surface area contributed by atoms with Gasteiger partial charge < -0.3 is 15.2 Å². The van der Waals surface area contributed by atoms with Crippen LogP contribution in [0.5, 0.6) is 0 Å². The summed E-state index contributed by atoms with van der Waals surface area (Å²) in [6.45, 7) is 4.24. The van der Waals surface area contributed by atoms with Gasteiger partial charge in [-0.1, -0.05) is 0 Å². The summed E-state index contributed by atoms with van der Waals surface area (Å²) in [6.07, 6.45) is 0. The van der Waals surface area contributed by atoms with E-state index in [-0.39, 0.29) is 0 Å². The number of ether oxygens (including phenoxy) is 2. The van der Waals surface area contributed by atoms with E-state index in [4.69, 9.17) is 15.2 Å². The zero-order chi connectivity index (χ0) is 14.4. The minimum Gasteiger partial charge on any atom is -0.399 e. The Bertz CT molecular complexity index is 555. The van der Waals surface area contributed by atoms with Crippen LogP contribution in [0.25, 0.3) is 11.4 Å². The van der Waals surface area contributed by atoms with Crippen molar-refractivity contribution >= 4 is 5.69 Å². The number of nitrogens with zero attached hydrogens (tertiary/aromatic N) is 4.